The molecule has 0 aliphatic rings. The summed E-state index contributed by atoms with van der Waals surface area (Å²) in [7, 11) is 0. The number of nitrogens with one attached hydrogen (secondary N) is 1. The monoisotopic (exact) mass is 351 g/mol. The Morgan fingerprint density at radius 1 is 1.15 bits per heavy atom. The third-order valence-electron chi connectivity index (χ3n) is 3.83. The predicted octanol–water partition coefficient (Wildman–Crippen LogP) is 3.44. The van der Waals surface area contributed by atoms with Gasteiger partial charge in [0.15, 0.2) is 6.10 Å². The summed E-state index contributed by atoms with van der Waals surface area (Å²) >= 11 is 0. The number of aryl methyl sites for hydroxylation is 2. The minimum absolute atomic E-state index is 0.152. The topological polar surface area (TPSA) is 77.2 Å². The zero-order chi connectivity index (χ0) is 18.5. The van der Waals surface area contributed by atoms with Gasteiger partial charge in [0.05, 0.1) is 6.54 Å². The fourth-order valence-corrected chi connectivity index (χ4v) is 2.48. The van der Waals surface area contributed by atoms with E-state index >= 15 is 0 Å². The fraction of sp³-hybridized carbons (Fsp3) is 0.250. The maximum absolute atomic E-state index is 12.2. The fourth-order valence-electron chi connectivity index (χ4n) is 2.48. The molecule has 1 heterocycles. The molecule has 2 aromatic carbocycles. The van der Waals surface area contributed by atoms with Crippen LogP contribution in [0, 0.1) is 13.8 Å². The van der Waals surface area contributed by atoms with Crippen LogP contribution < -0.4 is 10.1 Å². The van der Waals surface area contributed by atoms with E-state index in [2.05, 4.69) is 15.5 Å². The number of benzene rings is 2. The van der Waals surface area contributed by atoms with Crippen molar-refractivity contribution >= 4 is 5.91 Å². The van der Waals surface area contributed by atoms with E-state index in [1.807, 2.05) is 62.4 Å². The zero-order valence-corrected chi connectivity index (χ0v) is 15.0. The minimum Gasteiger partial charge on any atom is -0.481 e. The predicted molar refractivity (Wildman–Crippen MR) is 97.6 cm³/mol. The molecule has 134 valence electrons. The van der Waals surface area contributed by atoms with Gasteiger partial charge in [0, 0.05) is 5.56 Å². The quantitative estimate of drug-likeness (QED) is 0.736. The number of aromatic nitrogens is 2. The highest BCUT2D eigenvalue weighted by Crippen LogP contribution is 2.17. The Morgan fingerprint density at radius 3 is 2.62 bits per heavy atom. The molecule has 0 radical (unpaired) electrons. The van der Waals surface area contributed by atoms with Gasteiger partial charge in [0.25, 0.3) is 5.91 Å². The molecule has 1 amide bonds. The van der Waals surface area contributed by atoms with Crippen LogP contribution in [0.2, 0.25) is 0 Å². The summed E-state index contributed by atoms with van der Waals surface area (Å²) in [4.78, 5) is 16.5. The Bertz CT molecular complexity index is 905. The van der Waals surface area contributed by atoms with Crippen molar-refractivity contribution in [1.82, 2.24) is 15.5 Å². The van der Waals surface area contributed by atoms with Crippen molar-refractivity contribution in [2.24, 2.45) is 0 Å². The first-order chi connectivity index (χ1) is 12.5. The normalized spacial score (nSPS) is 11.8. The largest absolute Gasteiger partial charge is 0.481 e. The molecule has 1 atom stereocenters. The molecule has 6 heteroatoms. The van der Waals surface area contributed by atoms with E-state index in [1.165, 1.54) is 0 Å². The molecule has 3 aromatic rings. The van der Waals surface area contributed by atoms with E-state index in [0.717, 1.165) is 16.7 Å². The summed E-state index contributed by atoms with van der Waals surface area (Å²) in [6.07, 6.45) is -0.629. The lowest BCUT2D eigenvalue weighted by atomic mass is 10.1. The van der Waals surface area contributed by atoms with Gasteiger partial charge in [-0.1, -0.05) is 41.1 Å². The summed E-state index contributed by atoms with van der Waals surface area (Å²) < 4.78 is 10.9. The van der Waals surface area contributed by atoms with Crippen LogP contribution in [0.4, 0.5) is 0 Å². The van der Waals surface area contributed by atoms with Crippen molar-refractivity contribution in [3.05, 3.63) is 65.5 Å². The Hall–Kier alpha value is -3.15. The van der Waals surface area contributed by atoms with E-state index in [0.29, 0.717) is 17.5 Å². The van der Waals surface area contributed by atoms with E-state index in [1.54, 1.807) is 6.92 Å². The van der Waals surface area contributed by atoms with Crippen LogP contribution in [0.25, 0.3) is 11.4 Å². The second-order valence-corrected chi connectivity index (χ2v) is 6.18. The van der Waals surface area contributed by atoms with Crippen molar-refractivity contribution < 1.29 is 14.1 Å². The molecule has 0 aliphatic heterocycles. The van der Waals surface area contributed by atoms with Crippen LogP contribution in [-0.2, 0) is 11.3 Å². The van der Waals surface area contributed by atoms with Crippen LogP contribution in [0.1, 0.15) is 23.9 Å². The van der Waals surface area contributed by atoms with Gasteiger partial charge >= 0.3 is 0 Å². The molecular formula is C20H21N3O3. The van der Waals surface area contributed by atoms with Gasteiger partial charge in [0.2, 0.25) is 11.7 Å². The van der Waals surface area contributed by atoms with Gasteiger partial charge in [-0.3, -0.25) is 4.79 Å². The van der Waals surface area contributed by atoms with Gasteiger partial charge in [-0.15, -0.1) is 0 Å². The second-order valence-electron chi connectivity index (χ2n) is 6.18. The highest BCUT2D eigenvalue weighted by atomic mass is 16.5. The third kappa shape index (κ3) is 4.47. The average molecular weight is 351 g/mol. The number of carbonyl (C=O) groups excluding carboxylic acids is 1. The number of hydrogen-bond donors (Lipinski definition) is 1. The average Bonchev–Trinajstić information content (AvgIpc) is 3.08. The van der Waals surface area contributed by atoms with E-state index in [-0.39, 0.29) is 12.5 Å². The van der Waals surface area contributed by atoms with Gasteiger partial charge in [-0.25, -0.2) is 0 Å². The zero-order valence-electron chi connectivity index (χ0n) is 15.0. The number of hydrogen-bond acceptors (Lipinski definition) is 5. The van der Waals surface area contributed by atoms with E-state index in [4.69, 9.17) is 9.26 Å². The summed E-state index contributed by atoms with van der Waals surface area (Å²) in [5.41, 5.74) is 3.07. The van der Waals surface area contributed by atoms with Crippen molar-refractivity contribution in [3.63, 3.8) is 0 Å². The molecule has 0 aliphatic carbocycles. The maximum Gasteiger partial charge on any atom is 0.261 e. The second kappa shape index (κ2) is 7.82. The van der Waals surface area contributed by atoms with E-state index in [9.17, 15) is 4.79 Å². The third-order valence-corrected chi connectivity index (χ3v) is 3.83. The first-order valence-corrected chi connectivity index (χ1v) is 8.42. The van der Waals surface area contributed by atoms with Crippen LogP contribution in [-0.4, -0.2) is 22.2 Å². The Kier molecular flexibility index (Phi) is 5.31. The lowest BCUT2D eigenvalue weighted by Gasteiger charge is -2.14. The molecular weight excluding hydrogens is 330 g/mol. The van der Waals surface area contributed by atoms with Crippen molar-refractivity contribution in [3.8, 4) is 17.1 Å². The van der Waals surface area contributed by atoms with Crippen LogP contribution in [0.3, 0.4) is 0 Å². The Balaban J connectivity index is 1.56. The standard InChI is InChI=1S/C20H21N3O3/c1-13-6-4-8-16(10-13)19-22-18(26-23-19)12-21-20(24)15(3)25-17-9-5-7-14(2)11-17/h4-11,15H,12H2,1-3H3,(H,21,24)/t15-/m0/s1. The molecule has 26 heavy (non-hydrogen) atoms. The SMILES string of the molecule is Cc1cccc(O[C@@H](C)C(=O)NCc2nc(-c3cccc(C)c3)no2)c1. The minimum atomic E-state index is -0.629. The van der Waals surface area contributed by atoms with Crippen LogP contribution in [0.15, 0.2) is 53.1 Å². The number of amides is 1. The summed E-state index contributed by atoms with van der Waals surface area (Å²) in [6, 6.07) is 15.4. The first-order valence-electron chi connectivity index (χ1n) is 8.42. The highest BCUT2D eigenvalue weighted by molar-refractivity contribution is 5.80. The lowest BCUT2D eigenvalue weighted by Crippen LogP contribution is -2.36. The van der Waals surface area contributed by atoms with Crippen LogP contribution in [0.5, 0.6) is 5.75 Å². The molecule has 0 unspecified atom stereocenters. The molecule has 1 N–H and O–H groups in total. The summed E-state index contributed by atoms with van der Waals surface area (Å²) in [5, 5.41) is 6.71. The van der Waals surface area contributed by atoms with Crippen LogP contribution >= 0.6 is 0 Å². The molecule has 0 fully saturated rings. The van der Waals surface area contributed by atoms with Crippen molar-refractivity contribution in [1.29, 1.82) is 0 Å². The number of rotatable bonds is 6. The van der Waals surface area contributed by atoms with Gasteiger partial charge < -0.3 is 14.6 Å². The van der Waals surface area contributed by atoms with Crippen molar-refractivity contribution in [2.75, 3.05) is 0 Å². The first kappa shape index (κ1) is 17.7. The maximum atomic E-state index is 12.2. The molecule has 0 bridgehead atoms. The van der Waals surface area contributed by atoms with Gasteiger partial charge in [-0.05, 0) is 44.5 Å². The Morgan fingerprint density at radius 2 is 1.88 bits per heavy atom. The van der Waals surface area contributed by atoms with Gasteiger partial charge in [-0.2, -0.15) is 4.98 Å². The lowest BCUT2D eigenvalue weighted by molar-refractivity contribution is -0.127. The van der Waals surface area contributed by atoms with E-state index < -0.39 is 6.10 Å². The number of carbonyl (C=O) groups is 1. The Labute approximate surface area is 152 Å². The molecule has 1 aromatic heterocycles. The summed E-state index contributed by atoms with van der Waals surface area (Å²) in [5.74, 6) is 1.26. The number of ether oxygens (including phenoxy) is 1. The molecule has 3 rings (SSSR count). The highest BCUT2D eigenvalue weighted by Gasteiger charge is 2.16. The number of nitrogens with zero attached hydrogens (tertiary/aromatic N) is 2. The molecule has 0 spiro atoms. The van der Waals surface area contributed by atoms with Gasteiger partial charge in [0.1, 0.15) is 5.75 Å². The molecule has 0 saturated heterocycles. The molecule has 0 saturated carbocycles. The molecule has 6 nitrogen and oxygen atoms in total. The summed E-state index contributed by atoms with van der Waals surface area (Å²) in [6.45, 7) is 5.82. The smallest absolute Gasteiger partial charge is 0.261 e. The van der Waals surface area contributed by atoms with Crippen molar-refractivity contribution in [2.45, 2.75) is 33.4 Å².